The van der Waals surface area contributed by atoms with Crippen molar-refractivity contribution in [3.63, 3.8) is 0 Å². The molecule has 1 saturated carbocycles. The summed E-state index contributed by atoms with van der Waals surface area (Å²) in [6.07, 6.45) is 7.88. The molecule has 2 aliphatic rings. The number of esters is 1. The fraction of sp³-hybridized carbons (Fsp3) is 0.632. The van der Waals surface area contributed by atoms with E-state index in [4.69, 9.17) is 4.74 Å². The Morgan fingerprint density at radius 2 is 2.14 bits per heavy atom. The average molecular weight is 517 g/mol. The van der Waals surface area contributed by atoms with E-state index in [0.29, 0.717) is 19.2 Å². The van der Waals surface area contributed by atoms with Crippen molar-refractivity contribution in [2.45, 2.75) is 52.5 Å². The highest BCUT2D eigenvalue weighted by atomic mass is 127. The Labute approximate surface area is 182 Å². The third-order valence-corrected chi connectivity index (χ3v) is 6.65. The lowest BCUT2D eigenvalue weighted by Crippen LogP contribution is -2.51. The highest BCUT2D eigenvalue weighted by Crippen LogP contribution is 2.38. The second kappa shape index (κ2) is 10.1. The van der Waals surface area contributed by atoms with Gasteiger partial charge in [-0.05, 0) is 38.7 Å². The van der Waals surface area contributed by atoms with Crippen LogP contribution in [0.25, 0.3) is 11.0 Å². The van der Waals surface area contributed by atoms with Gasteiger partial charge in [-0.3, -0.25) is 13.8 Å². The number of carbonyl (C=O) groups is 1. The van der Waals surface area contributed by atoms with Crippen molar-refractivity contribution in [3.8, 4) is 0 Å². The fourth-order valence-electron chi connectivity index (χ4n) is 3.62. The second-order valence-electron chi connectivity index (χ2n) is 6.72. The summed E-state index contributed by atoms with van der Waals surface area (Å²) < 4.78 is 7.31. The van der Waals surface area contributed by atoms with E-state index in [1.165, 1.54) is 0 Å². The number of halogens is 1. The maximum Gasteiger partial charge on any atom is 0.310 e. The van der Waals surface area contributed by atoms with Gasteiger partial charge < -0.3 is 4.74 Å². The van der Waals surface area contributed by atoms with E-state index >= 15 is 0 Å². The normalized spacial score (nSPS) is 19.8. The molecule has 28 heavy (non-hydrogen) atoms. The molecular formula is C19H28IN5O2S. The average Bonchev–Trinajstić information content (AvgIpc) is 3.48. The van der Waals surface area contributed by atoms with E-state index < -0.39 is 0 Å². The van der Waals surface area contributed by atoms with Crippen LogP contribution >= 0.6 is 30.3 Å². The van der Waals surface area contributed by atoms with Gasteiger partial charge in [0.2, 0.25) is 0 Å². The second-order valence-corrected chi connectivity index (χ2v) is 8.44. The Kier molecular flexibility index (Phi) is 7.81. The zero-order valence-electron chi connectivity index (χ0n) is 16.7. The minimum atomic E-state index is -0.0757. The number of rotatable bonds is 6. The van der Waals surface area contributed by atoms with Gasteiger partial charge in [-0.2, -0.15) is 0 Å². The molecule has 9 heteroatoms. The van der Waals surface area contributed by atoms with Crippen LogP contribution in [-0.2, 0) is 9.53 Å². The van der Waals surface area contributed by atoms with E-state index in [9.17, 15) is 4.79 Å². The van der Waals surface area contributed by atoms with Gasteiger partial charge in [0, 0.05) is 55.7 Å². The smallest absolute Gasteiger partial charge is 0.310 e. The largest absolute Gasteiger partial charge is 0.466 e. The maximum absolute atomic E-state index is 12.2. The van der Waals surface area contributed by atoms with Gasteiger partial charge in [-0.15, -0.1) is 0 Å². The van der Waals surface area contributed by atoms with Gasteiger partial charge in [0.25, 0.3) is 0 Å². The molecule has 0 bridgehead atoms. The summed E-state index contributed by atoms with van der Waals surface area (Å²) in [4.78, 5) is 21.3. The van der Waals surface area contributed by atoms with Gasteiger partial charge in [-0.1, -0.05) is 13.8 Å². The molecule has 1 atom stereocenters. The first kappa shape index (κ1) is 21.6. The Bertz CT molecular complexity index is 798. The standard InChI is InChI=1S/C17H22IN5O2S.C2H6/c1-2-25-17(24)12-4-3-8-21(10-12)23(13-5-6-13)16-14-7-9-22(26-18)15(14)19-11-20-16;1-2/h7,9,11-13H,2-6,8,10H2,1H3;1-2H3. The molecule has 1 aliphatic heterocycles. The molecule has 7 nitrogen and oxygen atoms in total. The lowest BCUT2D eigenvalue weighted by atomic mass is 9.99. The van der Waals surface area contributed by atoms with Crippen molar-refractivity contribution in [2.24, 2.45) is 5.92 Å². The number of fused-ring (bicyclic) bond motifs is 1. The zero-order chi connectivity index (χ0) is 20.1. The minimum absolute atomic E-state index is 0.0585. The Hall–Kier alpha value is -1.07. The van der Waals surface area contributed by atoms with Crippen LogP contribution in [0.4, 0.5) is 5.82 Å². The highest BCUT2D eigenvalue weighted by molar-refractivity contribution is 14.2. The molecule has 0 spiro atoms. The zero-order valence-corrected chi connectivity index (χ0v) is 19.6. The van der Waals surface area contributed by atoms with Gasteiger partial charge in [-0.25, -0.2) is 15.0 Å². The van der Waals surface area contributed by atoms with Crippen molar-refractivity contribution in [1.82, 2.24) is 18.9 Å². The summed E-state index contributed by atoms with van der Waals surface area (Å²) in [5.41, 5.74) is 0.930. The summed E-state index contributed by atoms with van der Waals surface area (Å²) in [6.45, 7) is 7.94. The number of nitrogens with zero attached hydrogens (tertiary/aromatic N) is 5. The van der Waals surface area contributed by atoms with Crippen molar-refractivity contribution in [2.75, 3.05) is 24.7 Å². The van der Waals surface area contributed by atoms with E-state index in [2.05, 4.69) is 47.3 Å². The van der Waals surface area contributed by atoms with Crippen LogP contribution in [0.1, 0.15) is 46.5 Å². The monoisotopic (exact) mass is 517 g/mol. The predicted molar refractivity (Wildman–Crippen MR) is 122 cm³/mol. The first-order valence-corrected chi connectivity index (χ1v) is 13.4. The molecule has 2 aromatic heterocycles. The topological polar surface area (TPSA) is 63.5 Å². The summed E-state index contributed by atoms with van der Waals surface area (Å²) in [5.74, 6) is 0.816. The molecule has 154 valence electrons. The molecule has 0 N–H and O–H groups in total. The number of piperidine rings is 1. The van der Waals surface area contributed by atoms with Gasteiger partial charge in [0.15, 0.2) is 11.5 Å². The van der Waals surface area contributed by atoms with Crippen LogP contribution in [0, 0.1) is 5.92 Å². The third kappa shape index (κ3) is 4.56. The number of anilines is 1. The van der Waals surface area contributed by atoms with Crippen molar-refractivity contribution in [3.05, 3.63) is 18.6 Å². The minimum Gasteiger partial charge on any atom is -0.466 e. The van der Waals surface area contributed by atoms with E-state index in [1.54, 1.807) is 15.4 Å². The highest BCUT2D eigenvalue weighted by Gasteiger charge is 2.38. The van der Waals surface area contributed by atoms with Gasteiger partial charge in [0.1, 0.15) is 6.33 Å². The van der Waals surface area contributed by atoms with Crippen LogP contribution in [0.5, 0.6) is 0 Å². The number of carbonyl (C=O) groups excluding carboxylic acids is 1. The molecule has 0 radical (unpaired) electrons. The molecule has 4 rings (SSSR count). The van der Waals surface area contributed by atoms with Crippen molar-refractivity contribution < 1.29 is 9.53 Å². The molecule has 1 saturated heterocycles. The molecule has 2 aromatic rings. The first-order chi connectivity index (χ1) is 13.7. The number of hydrazine groups is 1. The molecule has 0 aromatic carbocycles. The summed E-state index contributed by atoms with van der Waals surface area (Å²) in [6, 6.07) is 2.54. The lowest BCUT2D eigenvalue weighted by molar-refractivity contribution is -0.150. The predicted octanol–water partition coefficient (Wildman–Crippen LogP) is 4.46. The Morgan fingerprint density at radius 1 is 1.36 bits per heavy atom. The third-order valence-electron chi connectivity index (χ3n) is 4.94. The maximum atomic E-state index is 12.2. The summed E-state index contributed by atoms with van der Waals surface area (Å²) in [5, 5.41) is 5.68. The van der Waals surface area contributed by atoms with E-state index in [1.807, 2.05) is 30.9 Å². The molecule has 1 unspecified atom stereocenters. The van der Waals surface area contributed by atoms with E-state index in [-0.39, 0.29) is 11.9 Å². The number of aromatic nitrogens is 3. The number of ether oxygens (including phenoxy) is 1. The van der Waals surface area contributed by atoms with E-state index in [0.717, 1.165) is 49.1 Å². The number of hydrogen-bond acceptors (Lipinski definition) is 7. The summed E-state index contributed by atoms with van der Waals surface area (Å²) >= 11 is 2.26. The van der Waals surface area contributed by atoms with Crippen molar-refractivity contribution in [1.29, 1.82) is 0 Å². The van der Waals surface area contributed by atoms with Crippen LogP contribution in [0.2, 0.25) is 0 Å². The molecule has 3 heterocycles. The van der Waals surface area contributed by atoms with Crippen LogP contribution in [0.15, 0.2) is 18.6 Å². The van der Waals surface area contributed by atoms with Crippen molar-refractivity contribution >= 4 is 53.1 Å². The number of hydrogen-bond donors (Lipinski definition) is 0. The van der Waals surface area contributed by atoms with Gasteiger partial charge >= 0.3 is 5.97 Å². The fourth-order valence-corrected chi connectivity index (χ4v) is 4.89. The Morgan fingerprint density at radius 3 is 2.82 bits per heavy atom. The molecule has 2 fully saturated rings. The SMILES string of the molecule is CC.CCOC(=O)C1CCCN(N(c2ncnc3c2ccn3SI)C2CC2)C1. The molecular weight excluding hydrogens is 489 g/mol. The van der Waals surface area contributed by atoms with Crippen LogP contribution < -0.4 is 5.01 Å². The molecule has 1 aliphatic carbocycles. The lowest BCUT2D eigenvalue weighted by Gasteiger charge is -2.40. The quantitative estimate of drug-likeness (QED) is 0.414. The van der Waals surface area contributed by atoms with Crippen LogP contribution in [0.3, 0.4) is 0 Å². The first-order valence-electron chi connectivity index (χ1n) is 10.0. The van der Waals surface area contributed by atoms with Crippen LogP contribution in [-0.4, -0.2) is 50.7 Å². The van der Waals surface area contributed by atoms with Gasteiger partial charge in [0.05, 0.1) is 17.9 Å². The molecule has 0 amide bonds. The summed E-state index contributed by atoms with van der Waals surface area (Å²) in [7, 11) is 1.60. The Balaban J connectivity index is 0.00000109.